The monoisotopic (exact) mass is 612 g/mol. The largest absolute Gasteiger partial charge is 0.493 e. The molecule has 0 bridgehead atoms. The van der Waals surface area contributed by atoms with E-state index in [1.54, 1.807) is 18.2 Å². The number of anilines is 1. The summed E-state index contributed by atoms with van der Waals surface area (Å²) in [5.41, 5.74) is 1.05. The number of nitrogens with one attached hydrogen (secondary N) is 1. The number of hydrogen-bond acceptors (Lipinski definition) is 7. The number of carbonyl (C=O) groups is 2. The van der Waals surface area contributed by atoms with E-state index in [2.05, 4.69) is 4.98 Å². The third-order valence-corrected chi connectivity index (χ3v) is 9.74. The van der Waals surface area contributed by atoms with Crippen molar-refractivity contribution in [3.63, 3.8) is 0 Å². The summed E-state index contributed by atoms with van der Waals surface area (Å²) in [7, 11) is 1.47. The van der Waals surface area contributed by atoms with Gasteiger partial charge in [0.15, 0.2) is 11.5 Å². The molecule has 42 heavy (non-hydrogen) atoms. The van der Waals surface area contributed by atoms with Crippen molar-refractivity contribution in [1.29, 1.82) is 0 Å². The van der Waals surface area contributed by atoms with Crippen LogP contribution < -0.4 is 19.2 Å². The zero-order chi connectivity index (χ0) is 29.8. The van der Waals surface area contributed by atoms with Gasteiger partial charge in [-0.05, 0) is 42.3 Å². The molecule has 12 heteroatoms. The lowest BCUT2D eigenvalue weighted by Gasteiger charge is -2.30. The highest BCUT2D eigenvalue weighted by molar-refractivity contribution is 8.00. The first-order valence-corrected chi connectivity index (χ1v) is 14.6. The number of benzene rings is 3. The van der Waals surface area contributed by atoms with Crippen LogP contribution in [0.5, 0.6) is 11.5 Å². The summed E-state index contributed by atoms with van der Waals surface area (Å²) < 4.78 is 53.2. The molecule has 3 heterocycles. The Morgan fingerprint density at radius 2 is 1.69 bits per heavy atom. The Kier molecular flexibility index (Phi) is 7.14. The summed E-state index contributed by atoms with van der Waals surface area (Å²) in [6.45, 7) is 2.27. The van der Waals surface area contributed by atoms with E-state index in [4.69, 9.17) is 9.47 Å². The average Bonchev–Trinajstić information content (AvgIpc) is 3.46. The predicted molar refractivity (Wildman–Crippen MR) is 152 cm³/mol. The molecule has 3 unspecified atom stereocenters. The van der Waals surface area contributed by atoms with Crippen LogP contribution in [0.1, 0.15) is 33.0 Å². The third-order valence-electron chi connectivity index (χ3n) is 7.34. The summed E-state index contributed by atoms with van der Waals surface area (Å²) in [4.78, 5) is 43.5. The van der Waals surface area contributed by atoms with Crippen molar-refractivity contribution in [2.24, 2.45) is 5.92 Å². The van der Waals surface area contributed by atoms with Gasteiger partial charge in [-0.1, -0.05) is 71.1 Å². The molecule has 2 amide bonds. The number of H-pyrrole nitrogens is 1. The Labute approximate surface area is 246 Å². The van der Waals surface area contributed by atoms with Gasteiger partial charge in [0.1, 0.15) is 11.9 Å². The minimum atomic E-state index is -4.77. The first kappa shape index (κ1) is 28.1. The third kappa shape index (κ3) is 4.88. The van der Waals surface area contributed by atoms with Gasteiger partial charge in [-0.25, -0.2) is 4.90 Å². The number of fused-ring (bicyclic) bond motifs is 2. The highest BCUT2D eigenvalue weighted by Gasteiger charge is 2.57. The maximum absolute atomic E-state index is 13.9. The number of imide groups is 1. The Morgan fingerprint density at radius 1 is 0.952 bits per heavy atom. The van der Waals surface area contributed by atoms with Crippen LogP contribution >= 0.6 is 23.1 Å². The van der Waals surface area contributed by atoms with E-state index in [9.17, 15) is 27.6 Å². The number of amides is 2. The highest BCUT2D eigenvalue weighted by Crippen LogP contribution is 2.54. The summed E-state index contributed by atoms with van der Waals surface area (Å²) in [6, 6.07) is 17.5. The molecule has 2 aliphatic rings. The standard InChI is InChI=1S/C30H23F3N2O5S2/c1-15-7-9-16(10-8-15)14-40-20-12-11-17(13-21(20)39-2)22-23-25(41-26-24(22)42-29(38)34-26)28(37)35(27(23)36)19-6-4-3-5-18(19)30(31,32)33/h3-13,22-23,25H,14H2,1-2H3,(H,34,38). The molecule has 7 nitrogen and oxygen atoms in total. The minimum absolute atomic E-state index is 0.283. The molecule has 1 N–H and O–H groups in total. The van der Waals surface area contributed by atoms with Gasteiger partial charge in [-0.15, -0.1) is 0 Å². The second-order valence-corrected chi connectivity index (χ2v) is 12.1. The van der Waals surface area contributed by atoms with E-state index >= 15 is 0 Å². The van der Waals surface area contributed by atoms with Crippen molar-refractivity contribution in [1.82, 2.24) is 4.98 Å². The molecule has 3 aromatic carbocycles. The number of alkyl halides is 3. The smallest absolute Gasteiger partial charge is 0.418 e. The van der Waals surface area contributed by atoms with Crippen LogP contribution in [0.15, 0.2) is 76.6 Å². The first-order chi connectivity index (χ1) is 20.1. The van der Waals surface area contributed by atoms with E-state index in [0.717, 1.165) is 46.4 Å². The lowest BCUT2D eigenvalue weighted by Crippen LogP contribution is -2.33. The van der Waals surface area contributed by atoms with Crippen LogP contribution in [0.4, 0.5) is 18.9 Å². The van der Waals surface area contributed by atoms with Crippen LogP contribution in [0.3, 0.4) is 0 Å². The Hall–Kier alpha value is -4.03. The molecule has 216 valence electrons. The van der Waals surface area contributed by atoms with Gasteiger partial charge in [-0.3, -0.25) is 14.4 Å². The second kappa shape index (κ2) is 10.7. The lowest BCUT2D eigenvalue weighted by atomic mass is 9.83. The van der Waals surface area contributed by atoms with Gasteiger partial charge in [0.25, 0.3) is 0 Å². The molecule has 0 spiro atoms. The van der Waals surface area contributed by atoms with Crippen LogP contribution in [0, 0.1) is 12.8 Å². The SMILES string of the molecule is COc1cc(C2c3sc(=O)[nH]c3SC3C(=O)N(c4ccccc4C(F)(F)F)C(=O)C32)ccc1OCc1ccc(C)cc1. The van der Waals surface area contributed by atoms with Gasteiger partial charge in [0.05, 0.1) is 29.3 Å². The number of methoxy groups -OCH3 is 1. The number of nitrogens with zero attached hydrogens (tertiary/aromatic N) is 1. The van der Waals surface area contributed by atoms with Gasteiger partial charge < -0.3 is 14.5 Å². The molecule has 1 saturated heterocycles. The molecule has 4 aromatic rings. The molecule has 6 rings (SSSR count). The van der Waals surface area contributed by atoms with Crippen LogP contribution in [-0.4, -0.2) is 29.2 Å². The topological polar surface area (TPSA) is 88.7 Å². The summed E-state index contributed by atoms with van der Waals surface area (Å²) in [6.07, 6.45) is -4.77. The lowest BCUT2D eigenvalue weighted by molar-refractivity contribution is -0.137. The predicted octanol–water partition coefficient (Wildman–Crippen LogP) is 6.15. The normalized spacial score (nSPS) is 19.9. The van der Waals surface area contributed by atoms with Crippen molar-refractivity contribution in [3.05, 3.63) is 104 Å². The van der Waals surface area contributed by atoms with Gasteiger partial charge in [0.2, 0.25) is 11.8 Å². The molecular formula is C30H23F3N2O5S2. The number of halogens is 3. The highest BCUT2D eigenvalue weighted by atomic mass is 32.2. The number of hydrogen-bond donors (Lipinski definition) is 1. The fraction of sp³-hybridized carbons (Fsp3) is 0.233. The first-order valence-electron chi connectivity index (χ1n) is 12.9. The number of aromatic amines is 1. The number of ether oxygens (including phenoxy) is 2. The van der Waals surface area contributed by atoms with Gasteiger partial charge in [-0.2, -0.15) is 13.2 Å². The molecule has 2 aliphatic heterocycles. The fourth-order valence-electron chi connectivity index (χ4n) is 5.36. The summed E-state index contributed by atoms with van der Waals surface area (Å²) in [5, 5.41) is -0.619. The van der Waals surface area contributed by atoms with Crippen molar-refractivity contribution >= 4 is 40.6 Å². The number of carbonyl (C=O) groups excluding carboxylic acids is 2. The quantitative estimate of drug-likeness (QED) is 0.263. The molecule has 3 atom stereocenters. The van der Waals surface area contributed by atoms with Crippen molar-refractivity contribution in [2.75, 3.05) is 12.0 Å². The van der Waals surface area contributed by atoms with Crippen LogP contribution in [0.25, 0.3) is 0 Å². The van der Waals surface area contributed by atoms with E-state index in [1.165, 1.54) is 19.2 Å². The van der Waals surface area contributed by atoms with Gasteiger partial charge >= 0.3 is 11.0 Å². The summed E-state index contributed by atoms with van der Waals surface area (Å²) in [5.74, 6) is -2.54. The number of rotatable bonds is 6. The Balaban J connectivity index is 1.39. The molecular weight excluding hydrogens is 589 g/mol. The molecule has 1 fully saturated rings. The number of aromatic nitrogens is 1. The number of thiazole rings is 1. The maximum atomic E-state index is 13.9. The zero-order valence-electron chi connectivity index (χ0n) is 22.2. The van der Waals surface area contributed by atoms with Crippen LogP contribution in [-0.2, 0) is 22.4 Å². The van der Waals surface area contributed by atoms with Crippen LogP contribution in [0.2, 0.25) is 0 Å². The number of thioether (sulfide) groups is 1. The minimum Gasteiger partial charge on any atom is -0.493 e. The van der Waals surface area contributed by atoms with Crippen molar-refractivity contribution in [2.45, 2.75) is 35.9 Å². The Bertz CT molecular complexity index is 1750. The molecule has 1 aromatic heterocycles. The van der Waals surface area contributed by atoms with E-state index < -0.39 is 46.3 Å². The fourth-order valence-corrected chi connectivity index (χ4v) is 7.88. The average molecular weight is 613 g/mol. The number of aryl methyl sites for hydroxylation is 1. The van der Waals surface area contributed by atoms with Crippen molar-refractivity contribution in [3.8, 4) is 11.5 Å². The summed E-state index contributed by atoms with van der Waals surface area (Å²) >= 11 is 1.91. The van der Waals surface area contributed by atoms with E-state index in [1.807, 2.05) is 31.2 Å². The Morgan fingerprint density at radius 3 is 2.40 bits per heavy atom. The van der Waals surface area contributed by atoms with E-state index in [0.29, 0.717) is 31.9 Å². The molecule has 0 saturated carbocycles. The van der Waals surface area contributed by atoms with Gasteiger partial charge in [0, 0.05) is 10.8 Å². The van der Waals surface area contributed by atoms with E-state index in [-0.39, 0.29) is 11.5 Å². The zero-order valence-corrected chi connectivity index (χ0v) is 23.9. The number of para-hydroxylation sites is 1. The maximum Gasteiger partial charge on any atom is 0.418 e. The van der Waals surface area contributed by atoms with Crippen molar-refractivity contribution < 1.29 is 32.2 Å². The second-order valence-electron chi connectivity index (χ2n) is 9.96. The molecule has 0 radical (unpaired) electrons. The molecule has 0 aliphatic carbocycles.